The summed E-state index contributed by atoms with van der Waals surface area (Å²) < 4.78 is 4.40. The molecule has 2 aromatic rings. The topological polar surface area (TPSA) is 64.7 Å². The Bertz CT molecular complexity index is 574. The first kappa shape index (κ1) is 13.8. The van der Waals surface area contributed by atoms with Crippen LogP contribution in [-0.4, -0.2) is 25.5 Å². The van der Waals surface area contributed by atoms with Crippen LogP contribution in [0.2, 0.25) is 0 Å². The molecule has 0 aromatic carbocycles. The van der Waals surface area contributed by atoms with E-state index in [-0.39, 0.29) is 12.5 Å². The maximum Gasteiger partial charge on any atom is 0.242 e. The number of hydrogen-bond donors (Lipinski definition) is 1. The van der Waals surface area contributed by atoms with E-state index in [1.165, 1.54) is 0 Å². The van der Waals surface area contributed by atoms with E-state index in [0.29, 0.717) is 6.54 Å². The number of nitrogens with zero attached hydrogens (tertiary/aromatic N) is 4. The highest BCUT2D eigenvalue weighted by Gasteiger charge is 2.08. The van der Waals surface area contributed by atoms with E-state index in [9.17, 15) is 4.79 Å². The molecule has 0 saturated heterocycles. The molecule has 0 aliphatic heterocycles. The van der Waals surface area contributed by atoms with Crippen LogP contribution in [0.15, 0.2) is 23.1 Å². The molecule has 0 aliphatic carbocycles. The van der Waals surface area contributed by atoms with E-state index in [1.54, 1.807) is 17.1 Å². The maximum absolute atomic E-state index is 11.8. The van der Waals surface area contributed by atoms with Gasteiger partial charge in [0.1, 0.15) is 6.54 Å². The van der Waals surface area contributed by atoms with Crippen LogP contribution in [0.5, 0.6) is 0 Å². The zero-order valence-electron chi connectivity index (χ0n) is 10.9. The number of hydrogen-bond acceptors (Lipinski definition) is 3. The Labute approximate surface area is 119 Å². The standard InChI is InChI=1S/C12H16BrN5O/c1-3-17-7-10(5-15-17)4-14-12(19)8-18-9(2)11(13)6-16-18/h5-7H,3-4,8H2,1-2H3,(H,14,19). The van der Waals surface area contributed by atoms with Gasteiger partial charge in [0.25, 0.3) is 0 Å². The van der Waals surface area contributed by atoms with E-state index in [0.717, 1.165) is 22.3 Å². The first-order chi connectivity index (χ1) is 9.10. The summed E-state index contributed by atoms with van der Waals surface area (Å²) in [5.74, 6) is -0.0667. The molecule has 2 aromatic heterocycles. The SMILES string of the molecule is CCn1cc(CNC(=O)Cn2ncc(Br)c2C)cn1. The van der Waals surface area contributed by atoms with E-state index in [4.69, 9.17) is 0 Å². The summed E-state index contributed by atoms with van der Waals surface area (Å²) in [4.78, 5) is 11.8. The van der Waals surface area contributed by atoms with Gasteiger partial charge in [-0.05, 0) is 29.8 Å². The zero-order chi connectivity index (χ0) is 13.8. The van der Waals surface area contributed by atoms with Gasteiger partial charge in [-0.3, -0.25) is 14.2 Å². The molecule has 1 N–H and O–H groups in total. The molecule has 1 amide bonds. The monoisotopic (exact) mass is 325 g/mol. The van der Waals surface area contributed by atoms with Gasteiger partial charge in [0, 0.05) is 24.8 Å². The van der Waals surface area contributed by atoms with Crippen molar-refractivity contribution in [1.29, 1.82) is 0 Å². The Morgan fingerprint density at radius 3 is 2.79 bits per heavy atom. The zero-order valence-corrected chi connectivity index (χ0v) is 12.5. The van der Waals surface area contributed by atoms with Crippen LogP contribution < -0.4 is 5.32 Å². The lowest BCUT2D eigenvalue weighted by molar-refractivity contribution is -0.122. The number of aryl methyl sites for hydroxylation is 1. The fourth-order valence-corrected chi connectivity index (χ4v) is 1.94. The molecule has 2 rings (SSSR count). The third kappa shape index (κ3) is 3.44. The van der Waals surface area contributed by atoms with Crippen LogP contribution in [-0.2, 0) is 24.4 Å². The average molecular weight is 326 g/mol. The van der Waals surface area contributed by atoms with Crippen molar-refractivity contribution in [1.82, 2.24) is 24.9 Å². The van der Waals surface area contributed by atoms with Crippen molar-refractivity contribution in [3.8, 4) is 0 Å². The molecule has 0 unspecified atom stereocenters. The van der Waals surface area contributed by atoms with Crippen LogP contribution in [0.25, 0.3) is 0 Å². The third-order valence-corrected chi connectivity index (χ3v) is 3.62. The summed E-state index contributed by atoms with van der Waals surface area (Å²) in [5, 5.41) is 11.1. The number of halogens is 1. The Hall–Kier alpha value is -1.63. The molecule has 0 fully saturated rings. The average Bonchev–Trinajstić information content (AvgIpc) is 2.98. The minimum absolute atomic E-state index is 0.0667. The maximum atomic E-state index is 11.8. The summed E-state index contributed by atoms with van der Waals surface area (Å²) in [5.41, 5.74) is 1.93. The Morgan fingerprint density at radius 2 is 2.21 bits per heavy atom. The molecular formula is C12H16BrN5O. The van der Waals surface area contributed by atoms with Gasteiger partial charge in [0.15, 0.2) is 0 Å². The molecule has 0 aliphatic rings. The van der Waals surface area contributed by atoms with Gasteiger partial charge in [0.05, 0.1) is 22.6 Å². The van der Waals surface area contributed by atoms with Gasteiger partial charge in [0.2, 0.25) is 5.91 Å². The quantitative estimate of drug-likeness (QED) is 0.905. The van der Waals surface area contributed by atoms with Crippen molar-refractivity contribution < 1.29 is 4.79 Å². The molecule has 0 spiro atoms. The molecule has 102 valence electrons. The van der Waals surface area contributed by atoms with Crippen LogP contribution in [0.3, 0.4) is 0 Å². The minimum Gasteiger partial charge on any atom is -0.350 e. The van der Waals surface area contributed by atoms with Crippen LogP contribution >= 0.6 is 15.9 Å². The molecule has 6 nitrogen and oxygen atoms in total. The van der Waals surface area contributed by atoms with Gasteiger partial charge in [-0.2, -0.15) is 10.2 Å². The molecule has 2 heterocycles. The predicted molar refractivity (Wildman–Crippen MR) is 74.4 cm³/mol. The number of nitrogens with one attached hydrogen (secondary N) is 1. The summed E-state index contributed by atoms with van der Waals surface area (Å²) in [6, 6.07) is 0. The fraction of sp³-hybridized carbons (Fsp3) is 0.417. The minimum atomic E-state index is -0.0667. The summed E-state index contributed by atoms with van der Waals surface area (Å²) in [6.07, 6.45) is 5.38. The molecule has 0 bridgehead atoms. The molecule has 0 radical (unpaired) electrons. The van der Waals surface area contributed by atoms with E-state index in [1.807, 2.05) is 24.7 Å². The summed E-state index contributed by atoms with van der Waals surface area (Å²) >= 11 is 3.37. The highest BCUT2D eigenvalue weighted by atomic mass is 79.9. The second-order valence-corrected chi connectivity index (χ2v) is 5.07. The normalized spacial score (nSPS) is 10.7. The molecule has 0 saturated carbocycles. The van der Waals surface area contributed by atoms with Crippen molar-refractivity contribution in [3.05, 3.63) is 34.3 Å². The van der Waals surface area contributed by atoms with Gasteiger partial charge >= 0.3 is 0 Å². The van der Waals surface area contributed by atoms with E-state index in [2.05, 4.69) is 31.4 Å². The van der Waals surface area contributed by atoms with Gasteiger partial charge < -0.3 is 5.32 Å². The molecule has 0 atom stereocenters. The largest absolute Gasteiger partial charge is 0.350 e. The Kier molecular flexibility index (Phi) is 4.36. The number of aromatic nitrogens is 4. The lowest BCUT2D eigenvalue weighted by atomic mass is 10.3. The van der Waals surface area contributed by atoms with Crippen LogP contribution in [0.4, 0.5) is 0 Å². The van der Waals surface area contributed by atoms with Crippen molar-refractivity contribution >= 4 is 21.8 Å². The highest BCUT2D eigenvalue weighted by Crippen LogP contribution is 2.13. The lowest BCUT2D eigenvalue weighted by Gasteiger charge is -2.05. The number of carbonyl (C=O) groups is 1. The Morgan fingerprint density at radius 1 is 1.42 bits per heavy atom. The second kappa shape index (κ2) is 6.01. The van der Waals surface area contributed by atoms with E-state index >= 15 is 0 Å². The number of carbonyl (C=O) groups excluding carboxylic acids is 1. The van der Waals surface area contributed by atoms with E-state index < -0.39 is 0 Å². The highest BCUT2D eigenvalue weighted by molar-refractivity contribution is 9.10. The lowest BCUT2D eigenvalue weighted by Crippen LogP contribution is -2.27. The number of amides is 1. The molecule has 7 heteroatoms. The van der Waals surface area contributed by atoms with Crippen LogP contribution in [0.1, 0.15) is 18.2 Å². The number of rotatable bonds is 5. The van der Waals surface area contributed by atoms with Gasteiger partial charge in [-0.25, -0.2) is 0 Å². The fourth-order valence-electron chi connectivity index (χ4n) is 1.65. The first-order valence-electron chi connectivity index (χ1n) is 6.06. The first-order valence-corrected chi connectivity index (χ1v) is 6.85. The van der Waals surface area contributed by atoms with Crippen LogP contribution in [0, 0.1) is 6.92 Å². The van der Waals surface area contributed by atoms with Crippen molar-refractivity contribution in [3.63, 3.8) is 0 Å². The smallest absolute Gasteiger partial charge is 0.242 e. The van der Waals surface area contributed by atoms with Crippen molar-refractivity contribution in [2.24, 2.45) is 0 Å². The Balaban J connectivity index is 1.86. The van der Waals surface area contributed by atoms with Crippen molar-refractivity contribution in [2.45, 2.75) is 33.5 Å². The summed E-state index contributed by atoms with van der Waals surface area (Å²) in [7, 11) is 0. The third-order valence-electron chi connectivity index (χ3n) is 2.84. The molecule has 19 heavy (non-hydrogen) atoms. The second-order valence-electron chi connectivity index (χ2n) is 4.22. The molecular weight excluding hydrogens is 310 g/mol. The summed E-state index contributed by atoms with van der Waals surface area (Å²) in [6.45, 7) is 5.47. The van der Waals surface area contributed by atoms with Gasteiger partial charge in [-0.1, -0.05) is 0 Å². The predicted octanol–water partition coefficient (Wildman–Crippen LogP) is 1.49. The van der Waals surface area contributed by atoms with Gasteiger partial charge in [-0.15, -0.1) is 0 Å². The van der Waals surface area contributed by atoms with Crippen molar-refractivity contribution in [2.75, 3.05) is 0 Å².